The number of anilines is 2. The number of nitrogens with zero attached hydrogens (tertiary/aromatic N) is 4. The molecule has 55 heavy (non-hydrogen) atoms. The van der Waals surface area contributed by atoms with Gasteiger partial charge in [-0.3, -0.25) is 4.57 Å². The van der Waals surface area contributed by atoms with Crippen molar-refractivity contribution in [2.45, 2.75) is 78.6 Å². The van der Waals surface area contributed by atoms with Crippen LogP contribution >= 0.6 is 0 Å². The number of hydrogen-bond donors (Lipinski definition) is 0. The zero-order chi connectivity index (χ0) is 38.7. The first-order chi connectivity index (χ1) is 26.1. The SMILES string of the molecule is CC(C)(C)c1cc(N2C=C(c3ccccc3)N(c3cccc(Oc4ccc5c6ccccc6n(-c6cc(C(C)(C)C)ccn6)c5c4)c3)C2)cc(C(C)(C)C)c1. The van der Waals surface area contributed by atoms with Crippen LogP contribution in [0, 0.1) is 0 Å². The van der Waals surface area contributed by atoms with Crippen molar-refractivity contribution in [1.82, 2.24) is 9.55 Å². The lowest BCUT2D eigenvalue weighted by molar-refractivity contribution is 0.483. The topological polar surface area (TPSA) is 33.5 Å². The van der Waals surface area contributed by atoms with Crippen molar-refractivity contribution in [3.05, 3.63) is 162 Å². The van der Waals surface area contributed by atoms with Crippen LogP contribution in [0.5, 0.6) is 11.5 Å². The lowest BCUT2D eigenvalue weighted by Crippen LogP contribution is -2.27. The Labute approximate surface area is 326 Å². The Morgan fingerprint density at radius 3 is 1.89 bits per heavy atom. The maximum Gasteiger partial charge on any atom is 0.137 e. The number of pyridine rings is 1. The number of benzene rings is 5. The molecule has 0 radical (unpaired) electrons. The Morgan fingerprint density at radius 2 is 1.18 bits per heavy atom. The molecule has 1 aliphatic heterocycles. The predicted octanol–water partition coefficient (Wildman–Crippen LogP) is 13.1. The third kappa shape index (κ3) is 7.12. The molecule has 0 amide bonds. The van der Waals surface area contributed by atoms with Gasteiger partial charge in [0.15, 0.2) is 0 Å². The first kappa shape index (κ1) is 36.2. The molecule has 5 heteroatoms. The fraction of sp³-hybridized carbons (Fsp3) is 0.260. The maximum atomic E-state index is 6.72. The van der Waals surface area contributed by atoms with Crippen LogP contribution < -0.4 is 14.5 Å². The molecule has 3 heterocycles. The molecule has 8 rings (SSSR count). The number of hydrogen-bond acceptors (Lipinski definition) is 4. The fourth-order valence-electron chi connectivity index (χ4n) is 7.46. The van der Waals surface area contributed by atoms with E-state index in [2.05, 4.69) is 204 Å². The smallest absolute Gasteiger partial charge is 0.137 e. The first-order valence-corrected chi connectivity index (χ1v) is 19.4. The second-order valence-corrected chi connectivity index (χ2v) is 18.0. The van der Waals surface area contributed by atoms with Crippen LogP contribution in [0.3, 0.4) is 0 Å². The summed E-state index contributed by atoms with van der Waals surface area (Å²) in [5.74, 6) is 2.46. The van der Waals surface area contributed by atoms with Gasteiger partial charge in [0.1, 0.15) is 17.3 Å². The highest BCUT2D eigenvalue weighted by Gasteiger charge is 2.28. The number of ether oxygens (including phenoxy) is 1. The second kappa shape index (κ2) is 13.5. The Balaban J connectivity index is 1.16. The van der Waals surface area contributed by atoms with E-state index in [0.29, 0.717) is 6.67 Å². The molecule has 0 fully saturated rings. The molecule has 0 bridgehead atoms. The van der Waals surface area contributed by atoms with Gasteiger partial charge in [-0.05, 0) is 93.1 Å². The van der Waals surface area contributed by atoms with Crippen LogP contribution in [0.15, 0.2) is 140 Å². The molecule has 7 aromatic rings. The standard InChI is InChI=1S/C50H52N4O/c1-48(2,3)35-24-25-51-47(29-35)54-44-21-14-13-20-42(44)43-23-22-41(31-45(43)54)55-40-19-15-18-38(30-40)53-33-52(32-46(53)34-16-11-10-12-17-34)39-27-36(49(4,5)6)26-37(28-39)50(7,8)9/h10-32H,33H2,1-9H3. The van der Waals surface area contributed by atoms with E-state index in [9.17, 15) is 0 Å². The van der Waals surface area contributed by atoms with Gasteiger partial charge in [-0.25, -0.2) is 4.98 Å². The lowest BCUT2D eigenvalue weighted by Gasteiger charge is -2.29. The average Bonchev–Trinajstić information content (AvgIpc) is 3.74. The molecule has 0 aliphatic carbocycles. The van der Waals surface area contributed by atoms with Crippen molar-refractivity contribution in [1.29, 1.82) is 0 Å². The summed E-state index contributed by atoms with van der Waals surface area (Å²) in [6, 6.07) is 45.5. The van der Waals surface area contributed by atoms with Crippen molar-refractivity contribution in [3.63, 3.8) is 0 Å². The summed E-state index contributed by atoms with van der Waals surface area (Å²) < 4.78 is 8.98. The quantitative estimate of drug-likeness (QED) is 0.171. The Bertz CT molecular complexity index is 2530. The molecule has 1 aliphatic rings. The third-order valence-electron chi connectivity index (χ3n) is 10.8. The van der Waals surface area contributed by atoms with Crippen molar-refractivity contribution >= 4 is 38.9 Å². The summed E-state index contributed by atoms with van der Waals surface area (Å²) in [6.07, 6.45) is 4.22. The third-order valence-corrected chi connectivity index (χ3v) is 10.8. The van der Waals surface area contributed by atoms with Gasteiger partial charge in [0.25, 0.3) is 0 Å². The highest BCUT2D eigenvalue weighted by atomic mass is 16.5. The molecule has 0 unspecified atom stereocenters. The van der Waals surface area contributed by atoms with Gasteiger partial charge in [-0.15, -0.1) is 0 Å². The second-order valence-electron chi connectivity index (χ2n) is 18.0. The molecular formula is C50H52N4O. The number of rotatable bonds is 6. The van der Waals surface area contributed by atoms with Crippen LogP contribution in [-0.4, -0.2) is 16.2 Å². The summed E-state index contributed by atoms with van der Waals surface area (Å²) in [7, 11) is 0. The van der Waals surface area contributed by atoms with E-state index in [4.69, 9.17) is 9.72 Å². The monoisotopic (exact) mass is 724 g/mol. The highest BCUT2D eigenvalue weighted by Crippen LogP contribution is 2.40. The summed E-state index contributed by atoms with van der Waals surface area (Å²) in [5, 5.41) is 2.36. The Morgan fingerprint density at radius 1 is 0.527 bits per heavy atom. The van der Waals surface area contributed by atoms with Gasteiger partial charge in [-0.1, -0.05) is 123 Å². The van der Waals surface area contributed by atoms with Crippen LogP contribution in [0.25, 0.3) is 33.3 Å². The van der Waals surface area contributed by atoms with Gasteiger partial charge in [0, 0.05) is 46.7 Å². The summed E-state index contributed by atoms with van der Waals surface area (Å²) in [6.45, 7) is 21.2. The van der Waals surface area contributed by atoms with Gasteiger partial charge in [0.05, 0.1) is 23.4 Å². The maximum absolute atomic E-state index is 6.72. The van der Waals surface area contributed by atoms with Crippen molar-refractivity contribution in [3.8, 4) is 17.3 Å². The highest BCUT2D eigenvalue weighted by molar-refractivity contribution is 6.09. The largest absolute Gasteiger partial charge is 0.457 e. The van der Waals surface area contributed by atoms with E-state index in [1.54, 1.807) is 0 Å². The van der Waals surface area contributed by atoms with Crippen LogP contribution in [0.4, 0.5) is 11.4 Å². The molecule has 2 aromatic heterocycles. The lowest BCUT2D eigenvalue weighted by atomic mass is 9.80. The zero-order valence-corrected chi connectivity index (χ0v) is 33.7. The molecule has 0 spiro atoms. The van der Waals surface area contributed by atoms with Crippen LogP contribution in [-0.2, 0) is 16.2 Å². The normalized spacial score (nSPS) is 13.9. The summed E-state index contributed by atoms with van der Waals surface area (Å²) in [4.78, 5) is 9.64. The predicted molar refractivity (Wildman–Crippen MR) is 232 cm³/mol. The first-order valence-electron chi connectivity index (χ1n) is 19.4. The van der Waals surface area contributed by atoms with E-state index < -0.39 is 0 Å². The number of para-hydroxylation sites is 1. The fourth-order valence-corrected chi connectivity index (χ4v) is 7.46. The van der Waals surface area contributed by atoms with Crippen LogP contribution in [0.2, 0.25) is 0 Å². The Hall–Kier alpha value is -5.81. The molecule has 0 N–H and O–H groups in total. The minimum absolute atomic E-state index is 0.00348. The molecule has 5 nitrogen and oxygen atoms in total. The van der Waals surface area contributed by atoms with E-state index in [-0.39, 0.29) is 16.2 Å². The minimum Gasteiger partial charge on any atom is -0.457 e. The van der Waals surface area contributed by atoms with Gasteiger partial charge >= 0.3 is 0 Å². The Kier molecular flexibility index (Phi) is 8.87. The number of fused-ring (bicyclic) bond motifs is 3. The summed E-state index contributed by atoms with van der Waals surface area (Å²) in [5.41, 5.74) is 10.7. The summed E-state index contributed by atoms with van der Waals surface area (Å²) >= 11 is 0. The van der Waals surface area contributed by atoms with E-state index >= 15 is 0 Å². The van der Waals surface area contributed by atoms with E-state index in [0.717, 1.165) is 39.7 Å². The van der Waals surface area contributed by atoms with E-state index in [1.807, 2.05) is 12.3 Å². The molecule has 5 aromatic carbocycles. The van der Waals surface area contributed by atoms with Crippen LogP contribution in [0.1, 0.15) is 84.6 Å². The molecule has 0 saturated carbocycles. The van der Waals surface area contributed by atoms with Crippen molar-refractivity contribution < 1.29 is 4.74 Å². The number of aromatic nitrogens is 2. The molecule has 278 valence electrons. The van der Waals surface area contributed by atoms with Gasteiger partial charge in [-0.2, -0.15) is 0 Å². The van der Waals surface area contributed by atoms with Crippen molar-refractivity contribution in [2.75, 3.05) is 16.5 Å². The molecular weight excluding hydrogens is 673 g/mol. The van der Waals surface area contributed by atoms with Crippen molar-refractivity contribution in [2.24, 2.45) is 0 Å². The van der Waals surface area contributed by atoms with E-state index in [1.165, 1.54) is 38.7 Å². The van der Waals surface area contributed by atoms with Gasteiger partial charge in [0.2, 0.25) is 0 Å². The average molecular weight is 725 g/mol. The minimum atomic E-state index is 0.00348. The zero-order valence-electron chi connectivity index (χ0n) is 33.7. The molecule has 0 atom stereocenters. The molecule has 0 saturated heterocycles. The van der Waals surface area contributed by atoms with Gasteiger partial charge < -0.3 is 14.5 Å².